The highest BCUT2D eigenvalue weighted by Gasteiger charge is 2.45. The molecule has 0 rings (SSSR count). The molecule has 0 amide bonds. The van der Waals surface area contributed by atoms with E-state index in [4.69, 9.17) is 61.6 Å². The number of ether oxygens (including phenoxy) is 13. The maximum atomic E-state index is 11.6. The highest BCUT2D eigenvalue weighted by atomic mass is 16.7. The molecule has 0 fully saturated rings. The lowest BCUT2D eigenvalue weighted by Crippen LogP contribution is -2.59. The predicted molar refractivity (Wildman–Crippen MR) is 225 cm³/mol. The molecule has 0 unspecified atom stereocenters. The van der Waals surface area contributed by atoms with Crippen LogP contribution in [0.15, 0.2) is 75.9 Å². The van der Waals surface area contributed by atoms with Crippen molar-refractivity contribution in [2.24, 2.45) is 0 Å². The molecule has 19 heteroatoms. The lowest BCUT2D eigenvalue weighted by atomic mass is 10.0. The molecule has 0 saturated carbocycles. The lowest BCUT2D eigenvalue weighted by Gasteiger charge is -2.43. The molecule has 0 radical (unpaired) electrons. The van der Waals surface area contributed by atoms with E-state index in [2.05, 4.69) is 39.5 Å². The van der Waals surface area contributed by atoms with Crippen LogP contribution in [0.5, 0.6) is 0 Å². The smallest absolute Gasteiger partial charge is 0.330 e. The van der Waals surface area contributed by atoms with Crippen LogP contribution in [0, 0.1) is 0 Å². The van der Waals surface area contributed by atoms with Gasteiger partial charge in [-0.2, -0.15) is 0 Å². The summed E-state index contributed by atoms with van der Waals surface area (Å²) in [6, 6.07) is 0. The first-order valence-corrected chi connectivity index (χ1v) is 17.4. The Morgan fingerprint density at radius 2 is 0.443 bits per heavy atom. The average Bonchev–Trinajstić information content (AvgIpc) is 3.21. The molecule has 0 heterocycles. The first kappa shape index (κ1) is 65.1. The van der Waals surface area contributed by atoms with Gasteiger partial charge in [0.2, 0.25) is 0 Å². The zero-order valence-electron chi connectivity index (χ0n) is 32.2. The van der Waals surface area contributed by atoms with Crippen molar-refractivity contribution >= 4 is 35.8 Å². The summed E-state index contributed by atoms with van der Waals surface area (Å²) >= 11 is 0. The van der Waals surface area contributed by atoms with Crippen LogP contribution >= 0.6 is 0 Å². The summed E-state index contributed by atoms with van der Waals surface area (Å²) in [6.07, 6.45) is 5.90. The average molecular weight is 879 g/mol. The Kier molecular flexibility index (Phi) is 44.5. The van der Waals surface area contributed by atoms with Gasteiger partial charge in [-0.1, -0.05) is 69.2 Å². The second-order valence-corrected chi connectivity index (χ2v) is 11.0. The molecule has 0 aliphatic carbocycles. The lowest BCUT2D eigenvalue weighted by molar-refractivity contribution is -0.266. The minimum absolute atomic E-state index is 0. The van der Waals surface area contributed by atoms with Crippen molar-refractivity contribution in [1.29, 1.82) is 0 Å². The Morgan fingerprint density at radius 3 is 0.574 bits per heavy atom. The van der Waals surface area contributed by atoms with Crippen LogP contribution < -0.4 is 0 Å². The van der Waals surface area contributed by atoms with Gasteiger partial charge in [0, 0.05) is 36.5 Å². The molecule has 0 aromatic carbocycles. The van der Waals surface area contributed by atoms with E-state index in [1.54, 1.807) is 0 Å². The summed E-state index contributed by atoms with van der Waals surface area (Å²) in [5, 5.41) is 0. The number of hydrogen-bond donors (Lipinski definition) is 0. The number of rotatable bonds is 38. The van der Waals surface area contributed by atoms with Gasteiger partial charge in [-0.25, -0.2) is 28.8 Å². The molecule has 0 N–H and O–H groups in total. The van der Waals surface area contributed by atoms with Crippen molar-refractivity contribution in [3.05, 3.63) is 75.9 Å². The molecular weight excluding hydrogens is 808 g/mol. The monoisotopic (exact) mass is 878 g/mol. The maximum absolute atomic E-state index is 11.6. The zero-order valence-corrected chi connectivity index (χ0v) is 32.2. The fraction of sp³-hybridized carbons (Fsp3) is 0.571. The van der Waals surface area contributed by atoms with Gasteiger partial charge in [0.05, 0.1) is 79.3 Å². The van der Waals surface area contributed by atoms with Crippen molar-refractivity contribution in [2.75, 3.05) is 119 Å². The summed E-state index contributed by atoms with van der Waals surface area (Å²) in [5.74, 6) is -4.10. The van der Waals surface area contributed by atoms with E-state index in [-0.39, 0.29) is 149 Å². The van der Waals surface area contributed by atoms with Gasteiger partial charge >= 0.3 is 35.8 Å². The first-order chi connectivity index (χ1) is 27.4. The Hall–Kier alpha value is -5.02. The molecule has 61 heavy (non-hydrogen) atoms. The van der Waals surface area contributed by atoms with Gasteiger partial charge in [0.25, 0.3) is 0 Å². The molecule has 0 saturated heterocycles. The second-order valence-electron chi connectivity index (χ2n) is 11.0. The summed E-state index contributed by atoms with van der Waals surface area (Å²) in [6.45, 7) is 16.4. The number of esters is 6. The van der Waals surface area contributed by atoms with Crippen LogP contribution in [0.4, 0.5) is 0 Å². The minimum Gasteiger partial charge on any atom is -0.460 e. The molecule has 0 atom stereocenters. The van der Waals surface area contributed by atoms with E-state index in [0.717, 1.165) is 36.5 Å². The van der Waals surface area contributed by atoms with Gasteiger partial charge in [0.1, 0.15) is 50.8 Å². The molecule has 352 valence electrons. The number of carbonyl (C=O) groups excluding carboxylic acids is 6. The summed E-state index contributed by atoms with van der Waals surface area (Å²) in [4.78, 5) is 69.8. The van der Waals surface area contributed by atoms with Crippen LogP contribution in [-0.4, -0.2) is 166 Å². The highest BCUT2D eigenvalue weighted by molar-refractivity contribution is 5.82. The van der Waals surface area contributed by atoms with Gasteiger partial charge in [0.15, 0.2) is 0 Å². The Labute approximate surface area is 361 Å². The zero-order chi connectivity index (χ0) is 42.6. The fourth-order valence-electron chi connectivity index (χ4n) is 4.00. The SMILES string of the molecule is C.C.C.C.C=CC(=O)OCCOCC(COCCOC(=O)C=C)(COCCOC(=O)C=C)OC(COCCOC(=O)C=C)(COCCOC(=O)C=C)COCCOC(=O)C=C. The molecule has 0 spiro atoms. The van der Waals surface area contributed by atoms with Crippen LogP contribution in [0.2, 0.25) is 0 Å². The fourth-order valence-corrected chi connectivity index (χ4v) is 4.00. The third kappa shape index (κ3) is 34.4. The van der Waals surface area contributed by atoms with Gasteiger partial charge in [-0.3, -0.25) is 0 Å². The van der Waals surface area contributed by atoms with Crippen molar-refractivity contribution in [3.8, 4) is 0 Å². The van der Waals surface area contributed by atoms with Crippen molar-refractivity contribution in [2.45, 2.75) is 40.9 Å². The van der Waals surface area contributed by atoms with Gasteiger partial charge < -0.3 is 61.6 Å². The number of carbonyl (C=O) groups is 6. The molecule has 0 aliphatic rings. The van der Waals surface area contributed by atoms with Gasteiger partial charge in [-0.15, -0.1) is 0 Å². The van der Waals surface area contributed by atoms with Crippen LogP contribution in [0.25, 0.3) is 0 Å². The molecular formula is C42H70O19. The van der Waals surface area contributed by atoms with Crippen LogP contribution in [0.3, 0.4) is 0 Å². The summed E-state index contributed by atoms with van der Waals surface area (Å²) in [7, 11) is 0. The highest BCUT2D eigenvalue weighted by Crippen LogP contribution is 2.26. The third-order valence-corrected chi connectivity index (χ3v) is 6.46. The first-order valence-electron chi connectivity index (χ1n) is 17.4. The molecule has 0 aliphatic heterocycles. The Balaban J connectivity index is -0.00000261. The van der Waals surface area contributed by atoms with Crippen molar-refractivity contribution in [3.63, 3.8) is 0 Å². The molecule has 0 bridgehead atoms. The Morgan fingerprint density at radius 1 is 0.295 bits per heavy atom. The quantitative estimate of drug-likeness (QED) is 0.0375. The van der Waals surface area contributed by atoms with E-state index >= 15 is 0 Å². The minimum atomic E-state index is -1.62. The Bertz CT molecular complexity index is 1050. The molecule has 0 aromatic heterocycles. The standard InChI is InChI=1S/C38H54O19.4CH4/c1-7-31(39)51-19-13-45-25-37(26-46-14-20-52-32(40)8-2,27-47-15-21-53-33(41)9-3)57-38(28-48-16-22-54-34(42)10-4,29-49-17-23-55-35(43)11-5)30-50-18-24-56-36(44)12-6;;;;/h7-12H,1-6,13-30H2;4*1H4. The van der Waals surface area contributed by atoms with E-state index in [1.807, 2.05) is 0 Å². The summed E-state index contributed by atoms with van der Waals surface area (Å²) in [5.41, 5.74) is -3.24. The van der Waals surface area contributed by atoms with Crippen LogP contribution in [0.1, 0.15) is 29.7 Å². The van der Waals surface area contributed by atoms with E-state index < -0.39 is 47.0 Å². The maximum Gasteiger partial charge on any atom is 0.330 e. The summed E-state index contributed by atoms with van der Waals surface area (Å²) < 4.78 is 72.3. The topological polar surface area (TPSA) is 222 Å². The van der Waals surface area contributed by atoms with Crippen molar-refractivity contribution < 1.29 is 90.3 Å². The second kappa shape index (κ2) is 41.7. The van der Waals surface area contributed by atoms with E-state index in [9.17, 15) is 28.8 Å². The van der Waals surface area contributed by atoms with E-state index in [0.29, 0.717) is 0 Å². The largest absolute Gasteiger partial charge is 0.460 e. The van der Waals surface area contributed by atoms with Crippen molar-refractivity contribution in [1.82, 2.24) is 0 Å². The van der Waals surface area contributed by atoms with Crippen LogP contribution in [-0.2, 0) is 90.3 Å². The van der Waals surface area contributed by atoms with E-state index in [1.165, 1.54) is 0 Å². The number of hydrogen-bond acceptors (Lipinski definition) is 19. The third-order valence-electron chi connectivity index (χ3n) is 6.46. The predicted octanol–water partition coefficient (Wildman–Crippen LogP) is 3.50. The van der Waals surface area contributed by atoms with Gasteiger partial charge in [-0.05, 0) is 0 Å². The molecule has 19 nitrogen and oxygen atoms in total. The molecule has 0 aromatic rings. The normalized spacial score (nSPS) is 10.2.